The summed E-state index contributed by atoms with van der Waals surface area (Å²) in [5, 5.41) is 3.76. The first-order valence-corrected chi connectivity index (χ1v) is 14.1. The number of halogens is 4. The van der Waals surface area contributed by atoms with Gasteiger partial charge in [0.05, 0.1) is 9.62 Å². The zero-order valence-electron chi connectivity index (χ0n) is 20.2. The molecule has 200 valence electrons. The highest BCUT2D eigenvalue weighted by molar-refractivity contribution is 7.91. The number of nitrogens with one attached hydrogen (secondary N) is 1. The fraction of sp³-hybridized carbons (Fsp3) is 0.192. The van der Waals surface area contributed by atoms with Crippen LogP contribution in [0.4, 0.5) is 18.9 Å². The summed E-state index contributed by atoms with van der Waals surface area (Å²) in [5.41, 5.74) is 0.956. The van der Waals surface area contributed by atoms with Crippen LogP contribution in [0.2, 0.25) is 5.02 Å². The third-order valence-corrected chi connectivity index (χ3v) is 9.21. The molecule has 0 saturated carbocycles. The van der Waals surface area contributed by atoms with Crippen LogP contribution in [0.3, 0.4) is 0 Å². The van der Waals surface area contributed by atoms with E-state index in [1.54, 1.807) is 38.1 Å². The Bertz CT molecular complexity index is 1610. The summed E-state index contributed by atoms with van der Waals surface area (Å²) in [5.74, 6) is -0.311. The van der Waals surface area contributed by atoms with Crippen molar-refractivity contribution in [3.05, 3.63) is 82.2 Å². The third kappa shape index (κ3) is 6.40. The summed E-state index contributed by atoms with van der Waals surface area (Å²) in [7, 11) is -3.37. The smallest absolute Gasteiger partial charge is 0.457 e. The molecule has 12 heteroatoms. The summed E-state index contributed by atoms with van der Waals surface area (Å²) in [6.07, 6.45) is -3.62. The minimum atomic E-state index is -4.80. The average molecular weight is 584 g/mol. The first kappa shape index (κ1) is 27.7. The van der Waals surface area contributed by atoms with Crippen molar-refractivity contribution in [3.8, 4) is 17.2 Å². The van der Waals surface area contributed by atoms with Crippen molar-refractivity contribution in [1.29, 1.82) is 0 Å². The molecule has 0 spiro atoms. The summed E-state index contributed by atoms with van der Waals surface area (Å²) in [6, 6.07) is 16.3. The van der Waals surface area contributed by atoms with Gasteiger partial charge in [-0.1, -0.05) is 17.7 Å². The highest BCUT2D eigenvalue weighted by Gasteiger charge is 2.32. The molecule has 38 heavy (non-hydrogen) atoms. The Morgan fingerprint density at radius 3 is 2.21 bits per heavy atom. The number of anilines is 1. The van der Waals surface area contributed by atoms with Crippen molar-refractivity contribution in [2.45, 2.75) is 25.0 Å². The van der Waals surface area contributed by atoms with E-state index in [1.807, 2.05) is 0 Å². The van der Waals surface area contributed by atoms with Crippen LogP contribution in [0.5, 0.6) is 17.2 Å². The summed E-state index contributed by atoms with van der Waals surface area (Å²) < 4.78 is 70.7. The number of rotatable bonds is 7. The fourth-order valence-electron chi connectivity index (χ4n) is 3.48. The summed E-state index contributed by atoms with van der Waals surface area (Å²) >= 11 is 7.43. The Kier molecular flexibility index (Phi) is 7.39. The van der Waals surface area contributed by atoms with E-state index in [0.29, 0.717) is 16.1 Å². The van der Waals surface area contributed by atoms with Gasteiger partial charge in [0.1, 0.15) is 17.2 Å². The van der Waals surface area contributed by atoms with Gasteiger partial charge in [-0.05, 0) is 79.4 Å². The lowest BCUT2D eigenvalue weighted by Gasteiger charge is -2.23. The Morgan fingerprint density at radius 2 is 1.58 bits per heavy atom. The fourth-order valence-corrected chi connectivity index (χ4v) is 5.19. The highest BCUT2D eigenvalue weighted by Crippen LogP contribution is 2.35. The lowest BCUT2D eigenvalue weighted by Crippen LogP contribution is -2.27. The Balaban J connectivity index is 1.51. The van der Waals surface area contributed by atoms with Crippen molar-refractivity contribution < 1.29 is 35.9 Å². The van der Waals surface area contributed by atoms with Gasteiger partial charge in [0.15, 0.2) is 9.84 Å². The number of carbonyl (C=O) groups excluding carboxylic acids is 1. The molecule has 0 fully saturated rings. The SMILES string of the molecule is CC(C)(c1ccc2sc(C(=O)Nc3cc(Cl)cc(Oc4ccc(OC(F)(F)F)cc4)c3)cc2c1)S(C)(=O)=O. The number of alkyl halides is 3. The molecule has 0 atom stereocenters. The Labute approximate surface area is 225 Å². The van der Waals surface area contributed by atoms with E-state index >= 15 is 0 Å². The van der Waals surface area contributed by atoms with E-state index < -0.39 is 26.9 Å². The predicted octanol–water partition coefficient (Wildman–Crippen LogP) is 7.78. The number of ether oxygens (including phenoxy) is 2. The number of hydrogen-bond donors (Lipinski definition) is 1. The molecule has 0 unspecified atom stereocenters. The van der Waals surface area contributed by atoms with Crippen LogP contribution in [0.1, 0.15) is 29.1 Å². The van der Waals surface area contributed by atoms with Gasteiger partial charge in [0.25, 0.3) is 5.91 Å². The van der Waals surface area contributed by atoms with Crippen molar-refractivity contribution >= 4 is 54.5 Å². The van der Waals surface area contributed by atoms with Gasteiger partial charge in [0, 0.05) is 27.7 Å². The monoisotopic (exact) mass is 583 g/mol. The molecular weight excluding hydrogens is 563 g/mol. The molecule has 1 N–H and O–H groups in total. The van der Waals surface area contributed by atoms with Crippen molar-refractivity contribution in [2.75, 3.05) is 11.6 Å². The molecule has 3 aromatic carbocycles. The van der Waals surface area contributed by atoms with Gasteiger partial charge in [0.2, 0.25) is 0 Å². The first-order valence-electron chi connectivity index (χ1n) is 11.0. The van der Waals surface area contributed by atoms with E-state index in [2.05, 4.69) is 10.1 Å². The lowest BCUT2D eigenvalue weighted by atomic mass is 10.0. The zero-order chi connectivity index (χ0) is 27.9. The molecule has 0 radical (unpaired) electrons. The largest absolute Gasteiger partial charge is 0.573 e. The summed E-state index contributed by atoms with van der Waals surface area (Å²) in [6.45, 7) is 3.26. The molecule has 0 aliphatic carbocycles. The number of benzene rings is 3. The molecule has 1 heterocycles. The van der Waals surface area contributed by atoms with Gasteiger partial charge in [-0.3, -0.25) is 4.79 Å². The van der Waals surface area contributed by atoms with Gasteiger partial charge in [-0.15, -0.1) is 24.5 Å². The maximum Gasteiger partial charge on any atom is 0.573 e. The second kappa shape index (κ2) is 10.1. The molecule has 1 amide bonds. The van der Waals surface area contributed by atoms with E-state index in [4.69, 9.17) is 16.3 Å². The molecule has 0 aliphatic heterocycles. The average Bonchev–Trinajstić information content (AvgIpc) is 3.22. The van der Waals surface area contributed by atoms with Crippen LogP contribution in [0.25, 0.3) is 10.1 Å². The van der Waals surface area contributed by atoms with Crippen LogP contribution < -0.4 is 14.8 Å². The van der Waals surface area contributed by atoms with Crippen molar-refractivity contribution in [3.63, 3.8) is 0 Å². The van der Waals surface area contributed by atoms with Crippen LogP contribution >= 0.6 is 22.9 Å². The Morgan fingerprint density at radius 1 is 0.921 bits per heavy atom. The minimum absolute atomic E-state index is 0.233. The molecule has 0 saturated heterocycles. The van der Waals surface area contributed by atoms with Crippen LogP contribution in [0.15, 0.2) is 66.7 Å². The van der Waals surface area contributed by atoms with E-state index in [1.165, 1.54) is 47.9 Å². The highest BCUT2D eigenvalue weighted by atomic mass is 35.5. The minimum Gasteiger partial charge on any atom is -0.457 e. The quantitative estimate of drug-likeness (QED) is 0.240. The predicted molar refractivity (Wildman–Crippen MR) is 142 cm³/mol. The molecule has 4 aromatic rings. The number of sulfone groups is 1. The van der Waals surface area contributed by atoms with E-state index in [0.717, 1.165) is 22.2 Å². The maximum atomic E-state index is 13.0. The van der Waals surface area contributed by atoms with Gasteiger partial charge >= 0.3 is 6.36 Å². The van der Waals surface area contributed by atoms with E-state index in [-0.39, 0.29) is 22.3 Å². The number of carbonyl (C=O) groups is 1. The third-order valence-electron chi connectivity index (χ3n) is 5.78. The standard InChI is InChI=1S/C26H21ClF3NO5S2/c1-25(2,38(3,33)34)16-4-9-22-15(10-16)11-23(37-22)24(32)31-18-12-17(27)13-21(14-18)35-19-5-7-20(8-6-19)36-26(28,29)30/h4-14H,1-3H3,(H,31,32). The molecule has 0 bridgehead atoms. The Hall–Kier alpha value is -3.28. The number of fused-ring (bicyclic) bond motifs is 1. The van der Waals surface area contributed by atoms with Crippen LogP contribution in [-0.2, 0) is 14.6 Å². The van der Waals surface area contributed by atoms with Crippen LogP contribution in [0, 0.1) is 0 Å². The normalized spacial score (nSPS) is 12.4. The van der Waals surface area contributed by atoms with Gasteiger partial charge < -0.3 is 14.8 Å². The van der Waals surface area contributed by atoms with Crippen LogP contribution in [-0.4, -0.2) is 26.9 Å². The number of amides is 1. The van der Waals surface area contributed by atoms with Crippen molar-refractivity contribution in [1.82, 2.24) is 0 Å². The van der Waals surface area contributed by atoms with E-state index in [9.17, 15) is 26.4 Å². The topological polar surface area (TPSA) is 81.7 Å². The summed E-state index contributed by atoms with van der Waals surface area (Å²) in [4.78, 5) is 13.4. The van der Waals surface area contributed by atoms with Gasteiger partial charge in [-0.25, -0.2) is 8.42 Å². The molecule has 6 nitrogen and oxygen atoms in total. The first-order chi connectivity index (χ1) is 17.6. The second-order valence-electron chi connectivity index (χ2n) is 8.90. The van der Waals surface area contributed by atoms with Crippen molar-refractivity contribution in [2.24, 2.45) is 0 Å². The molecule has 1 aromatic heterocycles. The number of hydrogen-bond acceptors (Lipinski definition) is 6. The maximum absolute atomic E-state index is 13.0. The lowest BCUT2D eigenvalue weighted by molar-refractivity contribution is -0.274. The van der Waals surface area contributed by atoms with Gasteiger partial charge in [-0.2, -0.15) is 0 Å². The number of thiophene rings is 1. The zero-order valence-corrected chi connectivity index (χ0v) is 22.6. The second-order valence-corrected chi connectivity index (χ2v) is 13.0. The molecule has 0 aliphatic rings. The molecule has 4 rings (SSSR count). The molecular formula is C26H21ClF3NO5S2.